The molecule has 0 spiro atoms. The van der Waals surface area contributed by atoms with Gasteiger partial charge in [0.25, 0.3) is 5.91 Å². The molecule has 1 aliphatic rings. The Morgan fingerprint density at radius 3 is 2.89 bits per heavy atom. The van der Waals surface area contributed by atoms with Crippen LogP contribution in [0.1, 0.15) is 30.1 Å². The fourth-order valence-corrected chi connectivity index (χ4v) is 2.95. The molecule has 104 valence electrons. The van der Waals surface area contributed by atoms with Gasteiger partial charge in [0.05, 0.1) is 0 Å². The molecule has 1 saturated heterocycles. The van der Waals surface area contributed by atoms with Crippen molar-refractivity contribution in [3.05, 3.63) is 34.1 Å². The van der Waals surface area contributed by atoms with Crippen LogP contribution in [0.2, 0.25) is 0 Å². The third-order valence-corrected chi connectivity index (χ3v) is 4.06. The van der Waals surface area contributed by atoms with Crippen molar-refractivity contribution < 1.29 is 9.18 Å². The SMILES string of the molecule is CC(N)C1CCCN(C(=O)c2cc(F)cc(Br)c2)C1. The molecule has 5 heteroatoms. The highest BCUT2D eigenvalue weighted by Gasteiger charge is 2.26. The van der Waals surface area contributed by atoms with E-state index in [1.54, 1.807) is 11.0 Å². The van der Waals surface area contributed by atoms with Gasteiger partial charge in [-0.1, -0.05) is 15.9 Å². The Kier molecular flexibility index (Phi) is 4.58. The summed E-state index contributed by atoms with van der Waals surface area (Å²) in [6.45, 7) is 3.35. The lowest BCUT2D eigenvalue weighted by Gasteiger charge is -2.34. The average Bonchev–Trinajstić information content (AvgIpc) is 2.37. The molecule has 0 aromatic heterocycles. The lowest BCUT2D eigenvalue weighted by Crippen LogP contribution is -2.45. The maximum atomic E-state index is 13.3. The van der Waals surface area contributed by atoms with Crippen LogP contribution in [0.4, 0.5) is 4.39 Å². The zero-order valence-electron chi connectivity index (χ0n) is 10.9. The predicted molar refractivity (Wildman–Crippen MR) is 76.4 cm³/mol. The molecule has 2 unspecified atom stereocenters. The number of amides is 1. The lowest BCUT2D eigenvalue weighted by atomic mass is 9.92. The topological polar surface area (TPSA) is 46.3 Å². The van der Waals surface area contributed by atoms with E-state index in [-0.39, 0.29) is 11.9 Å². The van der Waals surface area contributed by atoms with Crippen LogP contribution in [-0.2, 0) is 0 Å². The van der Waals surface area contributed by atoms with E-state index < -0.39 is 5.82 Å². The fraction of sp³-hybridized carbons (Fsp3) is 0.500. The van der Waals surface area contributed by atoms with E-state index in [1.165, 1.54) is 12.1 Å². The number of benzene rings is 1. The predicted octanol–water partition coefficient (Wildman–Crippen LogP) is 2.79. The quantitative estimate of drug-likeness (QED) is 0.907. The van der Waals surface area contributed by atoms with Crippen LogP contribution in [0.25, 0.3) is 0 Å². The summed E-state index contributed by atoms with van der Waals surface area (Å²) in [5.74, 6) is -0.196. The molecule has 1 aliphatic heterocycles. The molecule has 1 heterocycles. The first-order valence-electron chi connectivity index (χ1n) is 6.48. The minimum absolute atomic E-state index is 0.0786. The van der Waals surface area contributed by atoms with E-state index >= 15 is 0 Å². The van der Waals surface area contributed by atoms with Gasteiger partial charge < -0.3 is 10.6 Å². The molecule has 0 aliphatic carbocycles. The Hall–Kier alpha value is -0.940. The maximum Gasteiger partial charge on any atom is 0.254 e. The van der Waals surface area contributed by atoms with Crippen LogP contribution in [0.3, 0.4) is 0 Å². The van der Waals surface area contributed by atoms with E-state index in [0.29, 0.717) is 22.5 Å². The number of piperidine rings is 1. The summed E-state index contributed by atoms with van der Waals surface area (Å²) in [6, 6.07) is 4.36. The number of halogens is 2. The first-order valence-corrected chi connectivity index (χ1v) is 7.27. The van der Waals surface area contributed by atoms with Gasteiger partial charge in [-0.25, -0.2) is 4.39 Å². The summed E-state index contributed by atoms with van der Waals surface area (Å²) < 4.78 is 13.9. The summed E-state index contributed by atoms with van der Waals surface area (Å²) in [5.41, 5.74) is 6.30. The second kappa shape index (κ2) is 6.01. The molecular weight excluding hydrogens is 311 g/mol. The van der Waals surface area contributed by atoms with Gasteiger partial charge in [-0.3, -0.25) is 4.79 Å². The second-order valence-corrected chi connectivity index (χ2v) is 6.09. The Labute approximate surface area is 121 Å². The third-order valence-electron chi connectivity index (χ3n) is 3.60. The molecule has 1 fully saturated rings. The standard InChI is InChI=1S/C14H18BrFN2O/c1-9(17)10-3-2-4-18(8-10)14(19)11-5-12(15)7-13(16)6-11/h5-7,9-10H,2-4,8,17H2,1H3. The van der Waals surface area contributed by atoms with Gasteiger partial charge in [-0.15, -0.1) is 0 Å². The van der Waals surface area contributed by atoms with Crippen LogP contribution in [-0.4, -0.2) is 29.9 Å². The van der Waals surface area contributed by atoms with Crippen molar-refractivity contribution in [3.8, 4) is 0 Å². The molecule has 1 amide bonds. The van der Waals surface area contributed by atoms with Crippen molar-refractivity contribution in [3.63, 3.8) is 0 Å². The third kappa shape index (κ3) is 3.54. The molecule has 1 aromatic rings. The normalized spacial score (nSPS) is 21.3. The van der Waals surface area contributed by atoms with Crippen LogP contribution in [0.15, 0.2) is 22.7 Å². The number of rotatable bonds is 2. The number of carbonyl (C=O) groups excluding carboxylic acids is 1. The smallest absolute Gasteiger partial charge is 0.254 e. The van der Waals surface area contributed by atoms with E-state index in [0.717, 1.165) is 19.4 Å². The van der Waals surface area contributed by atoms with Crippen molar-refractivity contribution in [2.75, 3.05) is 13.1 Å². The van der Waals surface area contributed by atoms with Gasteiger partial charge in [-0.2, -0.15) is 0 Å². The maximum absolute atomic E-state index is 13.3. The lowest BCUT2D eigenvalue weighted by molar-refractivity contribution is 0.0660. The molecule has 1 aromatic carbocycles. The van der Waals surface area contributed by atoms with Crippen molar-refractivity contribution >= 4 is 21.8 Å². The van der Waals surface area contributed by atoms with E-state index in [9.17, 15) is 9.18 Å². The number of nitrogens with zero attached hydrogens (tertiary/aromatic N) is 1. The zero-order valence-corrected chi connectivity index (χ0v) is 12.5. The zero-order chi connectivity index (χ0) is 14.0. The second-order valence-electron chi connectivity index (χ2n) is 5.17. The fourth-order valence-electron chi connectivity index (χ4n) is 2.48. The number of nitrogens with two attached hydrogens (primary N) is 1. The molecular formula is C14H18BrFN2O. The Morgan fingerprint density at radius 2 is 2.26 bits per heavy atom. The molecule has 0 bridgehead atoms. The van der Waals surface area contributed by atoms with E-state index in [2.05, 4.69) is 15.9 Å². The summed E-state index contributed by atoms with van der Waals surface area (Å²) in [4.78, 5) is 14.1. The van der Waals surface area contributed by atoms with Crippen LogP contribution < -0.4 is 5.73 Å². The van der Waals surface area contributed by atoms with Gasteiger partial charge in [0.15, 0.2) is 0 Å². The first-order chi connectivity index (χ1) is 8.97. The number of hydrogen-bond donors (Lipinski definition) is 1. The van der Waals surface area contributed by atoms with Gasteiger partial charge in [0.1, 0.15) is 5.82 Å². The monoisotopic (exact) mass is 328 g/mol. The average molecular weight is 329 g/mol. The summed E-state index contributed by atoms with van der Waals surface area (Å²) in [6.07, 6.45) is 2.00. The van der Waals surface area contributed by atoms with Gasteiger partial charge in [-0.05, 0) is 43.9 Å². The minimum Gasteiger partial charge on any atom is -0.338 e. The minimum atomic E-state index is -0.404. The molecule has 0 saturated carbocycles. The Bertz CT molecular complexity index is 458. The molecule has 2 atom stereocenters. The Morgan fingerprint density at radius 1 is 1.53 bits per heavy atom. The first kappa shape index (κ1) is 14.5. The highest BCUT2D eigenvalue weighted by atomic mass is 79.9. The summed E-state index contributed by atoms with van der Waals surface area (Å²) in [5, 5.41) is 0. The van der Waals surface area contributed by atoms with Gasteiger partial charge in [0.2, 0.25) is 0 Å². The molecule has 0 radical (unpaired) electrons. The molecule has 2 N–H and O–H groups in total. The largest absolute Gasteiger partial charge is 0.338 e. The van der Waals surface area contributed by atoms with Crippen LogP contribution >= 0.6 is 15.9 Å². The Balaban J connectivity index is 2.14. The number of carbonyl (C=O) groups is 1. The van der Waals surface area contributed by atoms with Crippen LogP contribution in [0.5, 0.6) is 0 Å². The van der Waals surface area contributed by atoms with Crippen molar-refractivity contribution in [2.24, 2.45) is 11.7 Å². The van der Waals surface area contributed by atoms with Gasteiger partial charge >= 0.3 is 0 Å². The highest BCUT2D eigenvalue weighted by Crippen LogP contribution is 2.22. The number of hydrogen-bond acceptors (Lipinski definition) is 2. The van der Waals surface area contributed by atoms with Crippen molar-refractivity contribution in [1.82, 2.24) is 4.90 Å². The highest BCUT2D eigenvalue weighted by molar-refractivity contribution is 9.10. The number of likely N-dealkylation sites (tertiary alicyclic amines) is 1. The molecule has 2 rings (SSSR count). The summed E-state index contributed by atoms with van der Waals surface area (Å²) >= 11 is 3.21. The van der Waals surface area contributed by atoms with Gasteiger partial charge in [0, 0.05) is 29.2 Å². The van der Waals surface area contributed by atoms with Crippen LogP contribution in [0, 0.1) is 11.7 Å². The van der Waals surface area contributed by atoms with E-state index in [1.807, 2.05) is 6.92 Å². The summed E-state index contributed by atoms with van der Waals surface area (Å²) in [7, 11) is 0. The molecule has 19 heavy (non-hydrogen) atoms. The molecule has 3 nitrogen and oxygen atoms in total. The van der Waals surface area contributed by atoms with E-state index in [4.69, 9.17) is 5.73 Å². The van der Waals surface area contributed by atoms with Crippen molar-refractivity contribution in [1.29, 1.82) is 0 Å². The van der Waals surface area contributed by atoms with Crippen molar-refractivity contribution in [2.45, 2.75) is 25.8 Å².